The molecule has 1 aliphatic rings. The minimum Gasteiger partial charge on any atom is -0.359 e. The van der Waals surface area contributed by atoms with E-state index in [2.05, 4.69) is 27.9 Å². The van der Waals surface area contributed by atoms with E-state index in [9.17, 15) is 4.79 Å². The van der Waals surface area contributed by atoms with Crippen molar-refractivity contribution in [2.45, 2.75) is 25.5 Å². The lowest BCUT2D eigenvalue weighted by Gasteiger charge is -2.22. The Kier molecular flexibility index (Phi) is 5.19. The zero-order chi connectivity index (χ0) is 12.8. The first-order valence-corrected chi connectivity index (χ1v) is 7.18. The number of halogens is 1. The molecule has 1 atom stereocenters. The van der Waals surface area contributed by atoms with Gasteiger partial charge in [0.05, 0.1) is 0 Å². The van der Waals surface area contributed by atoms with E-state index < -0.39 is 0 Å². The topological polar surface area (TPSA) is 38.3 Å². The maximum absolute atomic E-state index is 11.7. The summed E-state index contributed by atoms with van der Waals surface area (Å²) in [5, 5.41) is 2.86. The van der Waals surface area contributed by atoms with E-state index in [-0.39, 0.29) is 12.1 Å². The monoisotopic (exact) mass is 357 g/mol. The molecule has 1 amide bonds. The Balaban J connectivity index is 1.88. The molecule has 0 radical (unpaired) electrons. The molecule has 2 rings (SSSR count). The van der Waals surface area contributed by atoms with Crippen LogP contribution < -0.4 is 5.32 Å². The third-order valence-corrected chi connectivity index (χ3v) is 3.78. The number of ether oxygens (including phenoxy) is 1. The molecule has 3 nitrogen and oxygen atoms in total. The van der Waals surface area contributed by atoms with Crippen molar-refractivity contribution in [3.05, 3.63) is 39.5 Å². The molecule has 0 saturated carbocycles. The van der Waals surface area contributed by atoms with Crippen molar-refractivity contribution in [3.63, 3.8) is 0 Å². The molecule has 1 N–H and O–H groups in total. The van der Waals surface area contributed by atoms with Crippen LogP contribution in [0.1, 0.15) is 24.8 Å². The summed E-state index contributed by atoms with van der Waals surface area (Å²) in [5.41, 5.74) is 1.05. The molecule has 18 heavy (non-hydrogen) atoms. The zero-order valence-corrected chi connectivity index (χ0v) is 12.2. The van der Waals surface area contributed by atoms with Gasteiger partial charge in [0, 0.05) is 16.3 Å². The Hall–Kier alpha value is -0.880. The summed E-state index contributed by atoms with van der Waals surface area (Å²) in [6.45, 7) is 0.741. The molecule has 96 valence electrons. The predicted molar refractivity (Wildman–Crippen MR) is 79.9 cm³/mol. The van der Waals surface area contributed by atoms with Gasteiger partial charge in [0.1, 0.15) is 6.23 Å². The van der Waals surface area contributed by atoms with Crippen molar-refractivity contribution in [3.8, 4) is 0 Å². The Morgan fingerprint density at radius 3 is 2.94 bits per heavy atom. The van der Waals surface area contributed by atoms with Crippen LogP contribution in [-0.2, 0) is 9.53 Å². The van der Waals surface area contributed by atoms with E-state index in [4.69, 9.17) is 4.74 Å². The summed E-state index contributed by atoms with van der Waals surface area (Å²) in [5.74, 6) is -0.0958. The normalized spacial score (nSPS) is 19.9. The van der Waals surface area contributed by atoms with E-state index >= 15 is 0 Å². The molecule has 4 heteroatoms. The zero-order valence-electron chi connectivity index (χ0n) is 10.1. The highest BCUT2D eigenvalue weighted by atomic mass is 127. The number of amides is 1. The third-order valence-electron chi connectivity index (χ3n) is 2.80. The van der Waals surface area contributed by atoms with Crippen LogP contribution in [0.5, 0.6) is 0 Å². The summed E-state index contributed by atoms with van der Waals surface area (Å²) >= 11 is 2.25. The standard InChI is InChI=1S/C14H16INO2/c15-12-6-2-1-5-11(12)8-9-13(17)16-14-7-3-4-10-18-14/h1-2,5-6,8-9,14H,3-4,7,10H2,(H,16,17)/b9-8+. The lowest BCUT2D eigenvalue weighted by atomic mass is 10.2. The first-order valence-electron chi connectivity index (χ1n) is 6.10. The molecule has 1 aromatic rings. The van der Waals surface area contributed by atoms with E-state index in [1.807, 2.05) is 30.3 Å². The largest absolute Gasteiger partial charge is 0.359 e. The maximum atomic E-state index is 11.7. The molecule has 0 spiro atoms. The maximum Gasteiger partial charge on any atom is 0.245 e. The number of carbonyl (C=O) groups is 1. The van der Waals surface area contributed by atoms with Gasteiger partial charge in [-0.25, -0.2) is 0 Å². The van der Waals surface area contributed by atoms with Gasteiger partial charge in [-0.05, 0) is 59.6 Å². The van der Waals surface area contributed by atoms with Gasteiger partial charge < -0.3 is 10.1 Å². The second-order valence-corrected chi connectivity index (χ2v) is 5.38. The van der Waals surface area contributed by atoms with Gasteiger partial charge in [-0.15, -0.1) is 0 Å². The summed E-state index contributed by atoms with van der Waals surface area (Å²) < 4.78 is 6.59. The van der Waals surface area contributed by atoms with Gasteiger partial charge >= 0.3 is 0 Å². The number of nitrogens with one attached hydrogen (secondary N) is 1. The smallest absolute Gasteiger partial charge is 0.245 e. The van der Waals surface area contributed by atoms with Gasteiger partial charge in [0.25, 0.3) is 0 Å². The molecule has 1 heterocycles. The first kappa shape index (κ1) is 13.5. The summed E-state index contributed by atoms with van der Waals surface area (Å²) in [6.07, 6.45) is 6.39. The fourth-order valence-corrected chi connectivity index (χ4v) is 2.40. The highest BCUT2D eigenvalue weighted by Gasteiger charge is 2.14. The molecule has 1 saturated heterocycles. The van der Waals surface area contributed by atoms with Crippen molar-refractivity contribution in [2.24, 2.45) is 0 Å². The van der Waals surface area contributed by atoms with Crippen molar-refractivity contribution in [1.29, 1.82) is 0 Å². The minimum absolute atomic E-state index is 0.0958. The van der Waals surface area contributed by atoms with E-state index in [1.54, 1.807) is 6.08 Å². The highest BCUT2D eigenvalue weighted by Crippen LogP contribution is 2.13. The van der Waals surface area contributed by atoms with Crippen LogP contribution in [0.25, 0.3) is 6.08 Å². The minimum atomic E-state index is -0.120. The van der Waals surface area contributed by atoms with Crippen LogP contribution in [0.15, 0.2) is 30.3 Å². The average molecular weight is 357 g/mol. The Morgan fingerprint density at radius 2 is 2.22 bits per heavy atom. The van der Waals surface area contributed by atoms with E-state index in [1.165, 1.54) is 0 Å². The van der Waals surface area contributed by atoms with Gasteiger partial charge in [0.15, 0.2) is 0 Å². The van der Waals surface area contributed by atoms with Crippen molar-refractivity contribution < 1.29 is 9.53 Å². The van der Waals surface area contributed by atoms with Gasteiger partial charge in [-0.1, -0.05) is 18.2 Å². The van der Waals surface area contributed by atoms with Crippen LogP contribution >= 0.6 is 22.6 Å². The Bertz CT molecular complexity index is 439. The average Bonchev–Trinajstić information content (AvgIpc) is 2.39. The Labute approximate surface area is 121 Å². The van der Waals surface area contributed by atoms with Crippen molar-refractivity contribution >= 4 is 34.6 Å². The van der Waals surface area contributed by atoms with Crippen LogP contribution in [0, 0.1) is 3.57 Å². The first-order chi connectivity index (χ1) is 8.75. The summed E-state index contributed by atoms with van der Waals surface area (Å²) in [6, 6.07) is 7.95. The molecular formula is C14H16INO2. The second-order valence-electron chi connectivity index (χ2n) is 4.22. The fraction of sp³-hybridized carbons (Fsp3) is 0.357. The number of hydrogen-bond acceptors (Lipinski definition) is 2. The fourth-order valence-electron chi connectivity index (χ4n) is 1.84. The van der Waals surface area contributed by atoms with Crippen LogP contribution in [0.3, 0.4) is 0 Å². The predicted octanol–water partition coefficient (Wildman–Crippen LogP) is 2.95. The van der Waals surface area contributed by atoms with E-state index in [0.717, 1.165) is 35.0 Å². The van der Waals surface area contributed by atoms with E-state index in [0.29, 0.717) is 0 Å². The molecule has 0 aliphatic carbocycles. The number of rotatable bonds is 3. The number of carbonyl (C=O) groups excluding carboxylic acids is 1. The lowest BCUT2D eigenvalue weighted by molar-refractivity contribution is -0.122. The Morgan fingerprint density at radius 1 is 1.39 bits per heavy atom. The SMILES string of the molecule is O=C(/C=C/c1ccccc1I)NC1CCCCO1. The van der Waals surface area contributed by atoms with Gasteiger partial charge in [-0.2, -0.15) is 0 Å². The molecule has 1 aliphatic heterocycles. The number of hydrogen-bond donors (Lipinski definition) is 1. The summed E-state index contributed by atoms with van der Waals surface area (Å²) in [7, 11) is 0. The molecule has 1 unspecified atom stereocenters. The quantitative estimate of drug-likeness (QED) is 0.667. The molecule has 1 aromatic carbocycles. The van der Waals surface area contributed by atoms with Crippen LogP contribution in [0.4, 0.5) is 0 Å². The second kappa shape index (κ2) is 6.89. The van der Waals surface area contributed by atoms with Crippen molar-refractivity contribution in [1.82, 2.24) is 5.32 Å². The molecular weight excluding hydrogens is 341 g/mol. The van der Waals surface area contributed by atoms with Crippen LogP contribution in [-0.4, -0.2) is 18.7 Å². The van der Waals surface area contributed by atoms with Crippen molar-refractivity contribution in [2.75, 3.05) is 6.61 Å². The number of benzene rings is 1. The highest BCUT2D eigenvalue weighted by molar-refractivity contribution is 14.1. The molecule has 0 bridgehead atoms. The summed E-state index contributed by atoms with van der Waals surface area (Å²) in [4.78, 5) is 11.7. The van der Waals surface area contributed by atoms with Gasteiger partial charge in [0.2, 0.25) is 5.91 Å². The molecule has 1 fully saturated rings. The lowest BCUT2D eigenvalue weighted by Crippen LogP contribution is -2.38. The van der Waals surface area contributed by atoms with Gasteiger partial charge in [-0.3, -0.25) is 4.79 Å². The van der Waals surface area contributed by atoms with Crippen LogP contribution in [0.2, 0.25) is 0 Å². The molecule has 0 aromatic heterocycles. The third kappa shape index (κ3) is 4.10.